The molecular weight excluding hydrogens is 564 g/mol. The minimum atomic E-state index is 0.475. The Kier molecular flexibility index (Phi) is 7.42. The van der Waals surface area contributed by atoms with Crippen LogP contribution < -0.4 is 14.2 Å². The normalized spacial score (nSPS) is 12.5. The molecule has 0 atom stereocenters. The van der Waals surface area contributed by atoms with E-state index >= 15 is 0 Å². The van der Waals surface area contributed by atoms with E-state index in [-0.39, 0.29) is 0 Å². The number of aryl methyl sites for hydroxylation is 1. The summed E-state index contributed by atoms with van der Waals surface area (Å²) in [5.41, 5.74) is 7.02. The van der Waals surface area contributed by atoms with Crippen molar-refractivity contribution in [2.45, 2.75) is 12.8 Å². The third kappa shape index (κ3) is 4.76. The molecule has 1 aliphatic carbocycles. The molecule has 4 aromatic rings. The summed E-state index contributed by atoms with van der Waals surface area (Å²) in [5, 5.41) is 11.0. The van der Waals surface area contributed by atoms with Crippen molar-refractivity contribution in [3.05, 3.63) is 93.5 Å². The summed E-state index contributed by atoms with van der Waals surface area (Å²) in [5.74, 6) is 2.12. The summed E-state index contributed by atoms with van der Waals surface area (Å²) >= 11 is 10.6. The Balaban J connectivity index is 1.80. The van der Waals surface area contributed by atoms with Crippen molar-refractivity contribution in [1.29, 1.82) is 5.26 Å². The highest BCUT2D eigenvalue weighted by atomic mass is 79.9. The van der Waals surface area contributed by atoms with E-state index in [0.717, 1.165) is 50.0 Å². The van der Waals surface area contributed by atoms with E-state index < -0.39 is 0 Å². The SMILES string of the molecule is COc1ccc2c(c1)CCC(c1cc(-c3cc(OC)ccc3OC)nc(-c3ccc(Br)cc3)c1C#N)=C2Cl. The van der Waals surface area contributed by atoms with E-state index in [1.165, 1.54) is 0 Å². The van der Waals surface area contributed by atoms with Crippen LogP contribution in [0.5, 0.6) is 17.2 Å². The van der Waals surface area contributed by atoms with Crippen LogP contribution in [0.3, 0.4) is 0 Å². The van der Waals surface area contributed by atoms with E-state index in [0.29, 0.717) is 39.9 Å². The van der Waals surface area contributed by atoms with Crippen molar-refractivity contribution in [2.75, 3.05) is 21.3 Å². The Bertz CT molecular complexity index is 1610. The number of nitrogens with zero attached hydrogens (tertiary/aromatic N) is 2. The van der Waals surface area contributed by atoms with Gasteiger partial charge in [-0.25, -0.2) is 4.98 Å². The fourth-order valence-corrected chi connectivity index (χ4v) is 5.41. The average Bonchev–Trinajstić information content (AvgIpc) is 2.96. The van der Waals surface area contributed by atoms with Crippen LogP contribution in [0, 0.1) is 11.3 Å². The number of nitriles is 1. The van der Waals surface area contributed by atoms with E-state index in [1.54, 1.807) is 21.3 Å². The number of hydrogen-bond acceptors (Lipinski definition) is 5. The summed E-state index contributed by atoms with van der Waals surface area (Å²) in [7, 11) is 4.90. The van der Waals surface area contributed by atoms with Gasteiger partial charge in [-0.2, -0.15) is 5.26 Å². The maximum absolute atomic E-state index is 10.4. The highest BCUT2D eigenvalue weighted by molar-refractivity contribution is 9.10. The molecule has 0 N–H and O–H groups in total. The van der Waals surface area contributed by atoms with Gasteiger partial charge in [-0.15, -0.1) is 0 Å². The minimum absolute atomic E-state index is 0.475. The second-order valence-corrected chi connectivity index (χ2v) is 10.1. The zero-order valence-electron chi connectivity index (χ0n) is 21.1. The zero-order chi connectivity index (χ0) is 26.8. The van der Waals surface area contributed by atoms with Crippen molar-refractivity contribution in [1.82, 2.24) is 4.98 Å². The van der Waals surface area contributed by atoms with Crippen molar-refractivity contribution in [2.24, 2.45) is 0 Å². The molecule has 7 heteroatoms. The van der Waals surface area contributed by atoms with Crippen molar-refractivity contribution in [3.8, 4) is 45.8 Å². The van der Waals surface area contributed by atoms with Gasteiger partial charge in [-0.3, -0.25) is 0 Å². The van der Waals surface area contributed by atoms with Crippen molar-refractivity contribution < 1.29 is 14.2 Å². The van der Waals surface area contributed by atoms with Crippen molar-refractivity contribution in [3.63, 3.8) is 0 Å². The van der Waals surface area contributed by atoms with Gasteiger partial charge in [0.1, 0.15) is 23.3 Å². The number of hydrogen-bond donors (Lipinski definition) is 0. The zero-order valence-corrected chi connectivity index (χ0v) is 23.5. The molecule has 5 rings (SSSR count). The molecule has 0 radical (unpaired) electrons. The fraction of sp³-hybridized carbons (Fsp3) is 0.161. The molecule has 0 saturated heterocycles. The molecular formula is C31H24BrClN2O3. The van der Waals surface area contributed by atoms with Gasteiger partial charge in [0.2, 0.25) is 0 Å². The summed E-state index contributed by atoms with van der Waals surface area (Å²) in [6.07, 6.45) is 1.45. The second kappa shape index (κ2) is 10.9. The van der Waals surface area contributed by atoms with Crippen LogP contribution in [-0.2, 0) is 6.42 Å². The van der Waals surface area contributed by atoms with Crippen LogP contribution in [0.15, 0.2) is 71.2 Å². The number of aromatic nitrogens is 1. The average molecular weight is 588 g/mol. The number of pyridine rings is 1. The second-order valence-electron chi connectivity index (χ2n) is 8.78. The molecule has 38 heavy (non-hydrogen) atoms. The number of rotatable bonds is 6. The standard InChI is InChI=1S/C31H24BrClN2O3/c1-36-21-9-12-23-19(14-21)6-11-24(30(23)33)25-16-28(26-15-22(37-2)10-13-29(26)38-3)35-31(27(25)17-34)18-4-7-20(32)8-5-18/h4-5,7-10,12-16H,6,11H2,1-3H3. The number of fused-ring (bicyclic) bond motifs is 1. The minimum Gasteiger partial charge on any atom is -0.497 e. The topological polar surface area (TPSA) is 64.4 Å². The first-order valence-electron chi connectivity index (χ1n) is 12.0. The molecule has 0 saturated carbocycles. The van der Waals surface area contributed by atoms with Crippen LogP contribution >= 0.6 is 27.5 Å². The fourth-order valence-electron chi connectivity index (χ4n) is 4.77. The van der Waals surface area contributed by atoms with Gasteiger partial charge in [-0.05, 0) is 84.1 Å². The molecule has 190 valence electrons. The molecule has 0 unspecified atom stereocenters. The van der Waals surface area contributed by atoms with E-state index in [4.69, 9.17) is 30.8 Å². The third-order valence-corrected chi connectivity index (χ3v) is 7.68. The smallest absolute Gasteiger partial charge is 0.128 e. The Hall–Kier alpha value is -3.79. The van der Waals surface area contributed by atoms with Gasteiger partial charge in [0, 0.05) is 21.2 Å². The molecule has 0 spiro atoms. The maximum Gasteiger partial charge on any atom is 0.128 e. The highest BCUT2D eigenvalue weighted by Gasteiger charge is 2.25. The van der Waals surface area contributed by atoms with E-state index in [9.17, 15) is 5.26 Å². The van der Waals surface area contributed by atoms with Gasteiger partial charge in [0.15, 0.2) is 0 Å². The molecule has 1 aromatic heterocycles. The Morgan fingerprint density at radius 1 is 0.816 bits per heavy atom. The van der Waals surface area contributed by atoms with Crippen LogP contribution in [-0.4, -0.2) is 26.3 Å². The number of ether oxygens (including phenoxy) is 3. The van der Waals surface area contributed by atoms with E-state index in [1.807, 2.05) is 66.7 Å². The molecule has 0 amide bonds. The van der Waals surface area contributed by atoms with Gasteiger partial charge in [0.25, 0.3) is 0 Å². The number of allylic oxidation sites excluding steroid dienone is 1. The first kappa shape index (κ1) is 25.8. The highest BCUT2D eigenvalue weighted by Crippen LogP contribution is 2.44. The Morgan fingerprint density at radius 2 is 1.53 bits per heavy atom. The predicted octanol–water partition coefficient (Wildman–Crippen LogP) is 8.13. The molecule has 0 bridgehead atoms. The lowest BCUT2D eigenvalue weighted by Gasteiger charge is -2.23. The molecule has 0 aliphatic heterocycles. The van der Waals surface area contributed by atoms with Gasteiger partial charge in [-0.1, -0.05) is 39.7 Å². The van der Waals surface area contributed by atoms with Crippen LogP contribution in [0.25, 0.3) is 33.1 Å². The van der Waals surface area contributed by atoms with Crippen molar-refractivity contribution >= 4 is 38.1 Å². The molecule has 3 aromatic carbocycles. The van der Waals surface area contributed by atoms with Gasteiger partial charge < -0.3 is 14.2 Å². The lowest BCUT2D eigenvalue weighted by molar-refractivity contribution is 0.404. The molecule has 1 aliphatic rings. The lowest BCUT2D eigenvalue weighted by atomic mass is 9.85. The Labute approximate surface area is 235 Å². The summed E-state index contributed by atoms with van der Waals surface area (Å²) in [6.45, 7) is 0. The van der Waals surface area contributed by atoms with Gasteiger partial charge in [0.05, 0.1) is 43.3 Å². The maximum atomic E-state index is 10.4. The molecule has 1 heterocycles. The Morgan fingerprint density at radius 3 is 2.21 bits per heavy atom. The summed E-state index contributed by atoms with van der Waals surface area (Å²) < 4.78 is 17.5. The van der Waals surface area contributed by atoms with E-state index in [2.05, 4.69) is 22.0 Å². The van der Waals surface area contributed by atoms with Gasteiger partial charge >= 0.3 is 0 Å². The largest absolute Gasteiger partial charge is 0.497 e. The first-order chi connectivity index (χ1) is 18.5. The predicted molar refractivity (Wildman–Crippen MR) is 155 cm³/mol. The third-order valence-electron chi connectivity index (χ3n) is 6.71. The number of benzene rings is 3. The quantitative estimate of drug-likeness (QED) is 0.228. The first-order valence-corrected chi connectivity index (χ1v) is 13.1. The van der Waals surface area contributed by atoms with Crippen LogP contribution in [0.1, 0.15) is 28.7 Å². The molecule has 0 fully saturated rings. The summed E-state index contributed by atoms with van der Waals surface area (Å²) in [4.78, 5) is 4.99. The monoisotopic (exact) mass is 586 g/mol. The summed E-state index contributed by atoms with van der Waals surface area (Å²) in [6, 6.07) is 23.6. The number of halogens is 2. The van der Waals surface area contributed by atoms with Crippen LogP contribution in [0.4, 0.5) is 0 Å². The lowest BCUT2D eigenvalue weighted by Crippen LogP contribution is -2.06. The van der Waals surface area contributed by atoms with Crippen LogP contribution in [0.2, 0.25) is 0 Å². The molecule has 5 nitrogen and oxygen atoms in total. The number of methoxy groups -OCH3 is 3.